The molecule has 1 fully saturated rings. The van der Waals surface area contributed by atoms with Gasteiger partial charge in [0.1, 0.15) is 18.5 Å². The molecular weight excluding hydrogens is 426 g/mol. The number of carbonyl (C=O) groups is 1. The molecule has 1 aliphatic heterocycles. The van der Waals surface area contributed by atoms with E-state index in [0.29, 0.717) is 24.8 Å². The molecule has 0 saturated carbocycles. The summed E-state index contributed by atoms with van der Waals surface area (Å²) in [5.41, 5.74) is 2.56. The molecule has 2 heterocycles. The molecule has 1 atom stereocenters. The van der Waals surface area contributed by atoms with Crippen LogP contribution in [0.1, 0.15) is 11.3 Å². The van der Waals surface area contributed by atoms with Gasteiger partial charge in [0.2, 0.25) is 5.91 Å². The lowest BCUT2D eigenvalue weighted by atomic mass is 10.2. The largest absolute Gasteiger partial charge is 0.489 e. The van der Waals surface area contributed by atoms with E-state index >= 15 is 0 Å². The van der Waals surface area contributed by atoms with Crippen LogP contribution < -0.4 is 20.7 Å². The Kier molecular flexibility index (Phi) is 7.18. The van der Waals surface area contributed by atoms with Crippen LogP contribution in [0.15, 0.2) is 29.0 Å². The van der Waals surface area contributed by atoms with Gasteiger partial charge in [-0.3, -0.25) is 9.78 Å². The number of rotatable bonds is 7. The van der Waals surface area contributed by atoms with E-state index in [2.05, 4.69) is 41.8 Å². The second-order valence-electron chi connectivity index (χ2n) is 6.55. The molecule has 1 saturated heterocycles. The number of aromatic nitrogens is 2. The standard InChI is InChI=1S/C19H24BrN5O3/c1-12-5-17(28-11-14-8-21-3-4-27-14)16(6-15(12)20)23-10-19(26)25-18-9-22-13(2)7-24-18/h5-7,9,14,21,23H,3-4,8,10-11H2,1-2H3,(H,24,25,26)/t14-/m0/s1. The minimum absolute atomic E-state index is 0.00830. The van der Waals surface area contributed by atoms with Crippen LogP contribution in [-0.2, 0) is 9.53 Å². The summed E-state index contributed by atoms with van der Waals surface area (Å²) < 4.78 is 12.6. The van der Waals surface area contributed by atoms with Gasteiger partial charge >= 0.3 is 0 Å². The molecule has 3 rings (SSSR count). The lowest BCUT2D eigenvalue weighted by Gasteiger charge is -2.24. The zero-order chi connectivity index (χ0) is 19.9. The highest BCUT2D eigenvalue weighted by Gasteiger charge is 2.16. The van der Waals surface area contributed by atoms with Gasteiger partial charge < -0.3 is 25.4 Å². The van der Waals surface area contributed by atoms with E-state index < -0.39 is 0 Å². The van der Waals surface area contributed by atoms with Gasteiger partial charge in [-0.05, 0) is 31.5 Å². The van der Waals surface area contributed by atoms with Crippen molar-refractivity contribution in [2.75, 3.05) is 43.5 Å². The summed E-state index contributed by atoms with van der Waals surface area (Å²) in [6.07, 6.45) is 3.14. The summed E-state index contributed by atoms with van der Waals surface area (Å²) >= 11 is 3.53. The van der Waals surface area contributed by atoms with Gasteiger partial charge in [0.25, 0.3) is 0 Å². The molecule has 1 aromatic heterocycles. The molecular formula is C19H24BrN5O3. The van der Waals surface area contributed by atoms with Crippen LogP contribution in [-0.4, -0.2) is 54.8 Å². The molecule has 3 N–H and O–H groups in total. The van der Waals surface area contributed by atoms with Crippen LogP contribution in [0.2, 0.25) is 0 Å². The maximum atomic E-state index is 12.2. The SMILES string of the molecule is Cc1cnc(NC(=O)CNc2cc(Br)c(C)cc2OC[C@@H]2CNCCO2)cn1. The first-order valence-corrected chi connectivity index (χ1v) is 9.88. The van der Waals surface area contributed by atoms with Crippen molar-refractivity contribution in [1.82, 2.24) is 15.3 Å². The van der Waals surface area contributed by atoms with E-state index in [1.54, 1.807) is 6.20 Å². The van der Waals surface area contributed by atoms with Crippen molar-refractivity contribution in [2.45, 2.75) is 20.0 Å². The number of halogens is 1. The lowest BCUT2D eigenvalue weighted by molar-refractivity contribution is -0.114. The fourth-order valence-electron chi connectivity index (χ4n) is 2.64. The summed E-state index contributed by atoms with van der Waals surface area (Å²) in [4.78, 5) is 20.5. The monoisotopic (exact) mass is 449 g/mol. The van der Waals surface area contributed by atoms with E-state index in [0.717, 1.165) is 34.5 Å². The minimum atomic E-state index is -0.222. The highest BCUT2D eigenvalue weighted by Crippen LogP contribution is 2.31. The number of morpholine rings is 1. The molecule has 1 amide bonds. The van der Waals surface area contributed by atoms with E-state index in [-0.39, 0.29) is 18.6 Å². The molecule has 2 aromatic rings. The molecule has 28 heavy (non-hydrogen) atoms. The maximum absolute atomic E-state index is 12.2. The number of amides is 1. The van der Waals surface area contributed by atoms with Gasteiger partial charge in [-0.25, -0.2) is 4.98 Å². The van der Waals surface area contributed by atoms with Crippen LogP contribution >= 0.6 is 15.9 Å². The molecule has 0 radical (unpaired) electrons. The maximum Gasteiger partial charge on any atom is 0.244 e. The molecule has 150 valence electrons. The number of anilines is 2. The summed E-state index contributed by atoms with van der Waals surface area (Å²) in [7, 11) is 0. The second-order valence-corrected chi connectivity index (χ2v) is 7.40. The zero-order valence-corrected chi connectivity index (χ0v) is 17.5. The summed E-state index contributed by atoms with van der Waals surface area (Å²) in [6, 6.07) is 3.84. The van der Waals surface area contributed by atoms with Crippen LogP contribution in [0.5, 0.6) is 5.75 Å². The lowest BCUT2D eigenvalue weighted by Crippen LogP contribution is -2.41. The molecule has 0 spiro atoms. The Morgan fingerprint density at radius 2 is 2.21 bits per heavy atom. The Morgan fingerprint density at radius 3 is 2.93 bits per heavy atom. The van der Waals surface area contributed by atoms with Crippen LogP contribution in [0, 0.1) is 13.8 Å². The highest BCUT2D eigenvalue weighted by molar-refractivity contribution is 9.10. The molecule has 0 unspecified atom stereocenters. The Hall–Kier alpha value is -2.23. The smallest absolute Gasteiger partial charge is 0.244 e. The molecule has 9 heteroatoms. The molecule has 0 aliphatic carbocycles. The number of hydrogen-bond donors (Lipinski definition) is 3. The Bertz CT molecular complexity index is 810. The Morgan fingerprint density at radius 1 is 1.36 bits per heavy atom. The second kappa shape index (κ2) is 9.81. The highest BCUT2D eigenvalue weighted by atomic mass is 79.9. The minimum Gasteiger partial charge on any atom is -0.489 e. The summed E-state index contributed by atoms with van der Waals surface area (Å²) in [5, 5.41) is 9.12. The van der Waals surface area contributed by atoms with Gasteiger partial charge in [0.15, 0.2) is 5.82 Å². The molecule has 1 aromatic carbocycles. The third-order valence-corrected chi connectivity index (χ3v) is 5.03. The predicted molar refractivity (Wildman–Crippen MR) is 111 cm³/mol. The number of benzene rings is 1. The molecule has 8 nitrogen and oxygen atoms in total. The topological polar surface area (TPSA) is 97.4 Å². The average molecular weight is 450 g/mol. The van der Waals surface area contributed by atoms with E-state index in [4.69, 9.17) is 9.47 Å². The number of aryl methyl sites for hydroxylation is 2. The van der Waals surface area contributed by atoms with Crippen molar-refractivity contribution in [3.8, 4) is 5.75 Å². The van der Waals surface area contributed by atoms with Gasteiger partial charge in [-0.15, -0.1) is 0 Å². The third kappa shape index (κ3) is 5.88. The summed E-state index contributed by atoms with van der Waals surface area (Å²) in [5.74, 6) is 0.874. The number of ether oxygens (including phenoxy) is 2. The van der Waals surface area contributed by atoms with Crippen LogP contribution in [0.3, 0.4) is 0 Å². The fourth-order valence-corrected chi connectivity index (χ4v) is 2.99. The van der Waals surface area contributed by atoms with Crippen LogP contribution in [0.25, 0.3) is 0 Å². The Balaban J connectivity index is 1.60. The first kappa shape index (κ1) is 20.5. The number of nitrogens with one attached hydrogen (secondary N) is 3. The molecule has 1 aliphatic rings. The van der Waals surface area contributed by atoms with Gasteiger partial charge in [0.05, 0.1) is 36.9 Å². The van der Waals surface area contributed by atoms with E-state index in [9.17, 15) is 4.79 Å². The third-order valence-electron chi connectivity index (χ3n) is 4.18. The van der Waals surface area contributed by atoms with Crippen molar-refractivity contribution in [2.24, 2.45) is 0 Å². The van der Waals surface area contributed by atoms with Crippen molar-refractivity contribution in [3.63, 3.8) is 0 Å². The van der Waals surface area contributed by atoms with Crippen LogP contribution in [0.4, 0.5) is 11.5 Å². The first-order chi connectivity index (χ1) is 13.5. The Labute approximate surface area is 172 Å². The average Bonchev–Trinajstić information content (AvgIpc) is 2.70. The normalized spacial score (nSPS) is 16.5. The fraction of sp³-hybridized carbons (Fsp3) is 0.421. The van der Waals surface area contributed by atoms with E-state index in [1.807, 2.05) is 26.0 Å². The van der Waals surface area contributed by atoms with Gasteiger partial charge in [0, 0.05) is 17.6 Å². The quantitative estimate of drug-likeness (QED) is 0.596. The van der Waals surface area contributed by atoms with Crippen molar-refractivity contribution >= 4 is 33.3 Å². The van der Waals surface area contributed by atoms with Gasteiger partial charge in [-0.2, -0.15) is 0 Å². The zero-order valence-electron chi connectivity index (χ0n) is 15.9. The van der Waals surface area contributed by atoms with E-state index in [1.165, 1.54) is 6.20 Å². The number of nitrogens with zero attached hydrogens (tertiary/aromatic N) is 2. The molecule has 0 bridgehead atoms. The number of hydrogen-bond acceptors (Lipinski definition) is 7. The van der Waals surface area contributed by atoms with Crippen molar-refractivity contribution in [1.29, 1.82) is 0 Å². The number of carbonyl (C=O) groups excluding carboxylic acids is 1. The predicted octanol–water partition coefficient (Wildman–Crippen LogP) is 2.27. The van der Waals surface area contributed by atoms with Gasteiger partial charge in [-0.1, -0.05) is 15.9 Å². The van der Waals surface area contributed by atoms with Crippen molar-refractivity contribution in [3.05, 3.63) is 40.3 Å². The first-order valence-electron chi connectivity index (χ1n) is 9.09. The summed E-state index contributed by atoms with van der Waals surface area (Å²) in [6.45, 7) is 6.64. The van der Waals surface area contributed by atoms with Crippen molar-refractivity contribution < 1.29 is 14.3 Å².